The number of ether oxygens (including phenoxy) is 1. The summed E-state index contributed by atoms with van der Waals surface area (Å²) in [6, 6.07) is 14.0. The predicted octanol–water partition coefficient (Wildman–Crippen LogP) is 5.17. The Morgan fingerprint density at radius 1 is 0.952 bits per heavy atom. The molecule has 0 unspecified atom stereocenters. The summed E-state index contributed by atoms with van der Waals surface area (Å²) in [4.78, 5) is 20.3. The van der Waals surface area contributed by atoms with Crippen LogP contribution in [0.4, 0.5) is 27.6 Å². The third kappa shape index (κ3) is 6.60. The molecule has 42 heavy (non-hydrogen) atoms. The van der Waals surface area contributed by atoms with Gasteiger partial charge in [-0.05, 0) is 36.4 Å². The molecule has 0 radical (unpaired) electrons. The molecule has 0 atom stereocenters. The Bertz CT molecular complexity index is 1740. The highest BCUT2D eigenvalue weighted by molar-refractivity contribution is 7.93. The fraction of sp³-hybridized carbons (Fsp3) is 0.214. The van der Waals surface area contributed by atoms with Gasteiger partial charge in [-0.3, -0.25) is 19.4 Å². The zero-order valence-corrected chi connectivity index (χ0v) is 22.6. The summed E-state index contributed by atoms with van der Waals surface area (Å²) >= 11 is 0. The number of piperazine rings is 1. The number of aromatic nitrogens is 1. The predicted molar refractivity (Wildman–Crippen MR) is 143 cm³/mol. The van der Waals surface area contributed by atoms with E-state index in [9.17, 15) is 35.2 Å². The molecule has 14 heteroatoms. The van der Waals surface area contributed by atoms with Crippen molar-refractivity contribution in [3.05, 3.63) is 95.7 Å². The number of sulfonamides is 1. The molecule has 3 aromatic carbocycles. The molecule has 1 aliphatic rings. The number of nitrogens with zero attached hydrogens (tertiary/aromatic N) is 3. The van der Waals surface area contributed by atoms with Gasteiger partial charge in [0.2, 0.25) is 0 Å². The van der Waals surface area contributed by atoms with E-state index in [0.717, 1.165) is 24.3 Å². The Morgan fingerprint density at radius 2 is 1.69 bits per heavy atom. The third-order valence-electron chi connectivity index (χ3n) is 6.65. The highest BCUT2D eigenvalue weighted by Gasteiger charge is 2.34. The summed E-state index contributed by atoms with van der Waals surface area (Å²) in [5, 5.41) is 0.510. The lowest BCUT2D eigenvalue weighted by molar-refractivity contribution is -0.274. The van der Waals surface area contributed by atoms with Gasteiger partial charge in [0, 0.05) is 61.5 Å². The normalized spacial score (nSPS) is 14.6. The number of benzene rings is 3. The van der Waals surface area contributed by atoms with Gasteiger partial charge in [0.25, 0.3) is 15.9 Å². The smallest absolute Gasteiger partial charge is 0.404 e. The van der Waals surface area contributed by atoms with E-state index in [-0.39, 0.29) is 35.6 Å². The van der Waals surface area contributed by atoms with Crippen molar-refractivity contribution in [2.24, 2.45) is 0 Å². The fourth-order valence-electron chi connectivity index (χ4n) is 4.62. The summed E-state index contributed by atoms with van der Waals surface area (Å²) in [5.74, 6) is -2.87. The minimum Gasteiger partial charge on any atom is -0.404 e. The largest absolute Gasteiger partial charge is 0.573 e. The van der Waals surface area contributed by atoms with E-state index >= 15 is 0 Å². The molecule has 1 saturated heterocycles. The lowest BCUT2D eigenvalue weighted by Crippen LogP contribution is -2.48. The van der Waals surface area contributed by atoms with Crippen molar-refractivity contribution < 1.29 is 39.9 Å². The number of fused-ring (bicyclic) bond motifs is 1. The number of carbonyl (C=O) groups excluding carboxylic acids is 1. The van der Waals surface area contributed by atoms with Crippen LogP contribution in [0.2, 0.25) is 0 Å². The minimum atomic E-state index is -5.18. The Balaban J connectivity index is 1.34. The third-order valence-corrected chi connectivity index (χ3v) is 8.05. The Hall–Kier alpha value is -4.30. The molecule has 220 valence electrons. The van der Waals surface area contributed by atoms with Crippen LogP contribution in [0.25, 0.3) is 10.9 Å². The van der Waals surface area contributed by atoms with Crippen molar-refractivity contribution in [1.82, 2.24) is 14.8 Å². The van der Waals surface area contributed by atoms with E-state index in [0.29, 0.717) is 24.0 Å². The monoisotopic (exact) mass is 606 g/mol. The van der Waals surface area contributed by atoms with Crippen LogP contribution in [-0.2, 0) is 16.6 Å². The van der Waals surface area contributed by atoms with Gasteiger partial charge in [0.1, 0.15) is 16.5 Å². The van der Waals surface area contributed by atoms with Crippen LogP contribution in [0.15, 0.2) is 77.8 Å². The van der Waals surface area contributed by atoms with Crippen LogP contribution in [-0.4, -0.2) is 61.7 Å². The molecule has 0 spiro atoms. The summed E-state index contributed by atoms with van der Waals surface area (Å²) in [5.41, 5.74) is -0.258. The summed E-state index contributed by atoms with van der Waals surface area (Å²) < 4.78 is 99.7. The van der Waals surface area contributed by atoms with E-state index in [1.807, 2.05) is 4.90 Å². The number of pyridine rings is 1. The molecule has 2 heterocycles. The second-order valence-electron chi connectivity index (χ2n) is 9.50. The number of hydrogen-bond acceptors (Lipinski definition) is 6. The van der Waals surface area contributed by atoms with Crippen molar-refractivity contribution in [2.75, 3.05) is 30.9 Å². The molecule has 0 saturated carbocycles. The van der Waals surface area contributed by atoms with Crippen LogP contribution >= 0.6 is 0 Å². The van der Waals surface area contributed by atoms with E-state index in [2.05, 4.69) is 14.4 Å². The van der Waals surface area contributed by atoms with Gasteiger partial charge in [0.15, 0.2) is 5.75 Å². The number of carbonyl (C=O) groups is 1. The Morgan fingerprint density at radius 3 is 2.40 bits per heavy atom. The SMILES string of the molecule is O=C(c1ccc(NS(=O)(=O)c2cccc3cccnc23)c(OC(F)(F)F)c1)N1CCN(Cc2ccc(F)cc2F)CC1. The van der Waals surface area contributed by atoms with Crippen molar-refractivity contribution in [1.29, 1.82) is 0 Å². The first-order chi connectivity index (χ1) is 19.9. The number of amides is 1. The van der Waals surface area contributed by atoms with Crippen LogP contribution in [0.1, 0.15) is 15.9 Å². The molecular weight excluding hydrogens is 583 g/mol. The minimum absolute atomic E-state index is 0.124. The van der Waals surface area contributed by atoms with Gasteiger partial charge in [-0.25, -0.2) is 17.2 Å². The van der Waals surface area contributed by atoms with Crippen molar-refractivity contribution >= 4 is 32.5 Å². The number of para-hydroxylation sites is 1. The molecule has 4 aromatic rings. The van der Waals surface area contributed by atoms with E-state index in [4.69, 9.17) is 0 Å². The molecule has 5 rings (SSSR count). The second-order valence-corrected chi connectivity index (χ2v) is 11.2. The van der Waals surface area contributed by atoms with Crippen molar-refractivity contribution in [3.63, 3.8) is 0 Å². The van der Waals surface area contributed by atoms with Crippen LogP contribution in [0.5, 0.6) is 5.75 Å². The number of halogens is 5. The summed E-state index contributed by atoms with van der Waals surface area (Å²) in [6.07, 6.45) is -3.79. The van der Waals surface area contributed by atoms with Crippen LogP contribution < -0.4 is 9.46 Å². The van der Waals surface area contributed by atoms with Crippen LogP contribution in [0.3, 0.4) is 0 Å². The molecule has 1 aromatic heterocycles. The molecule has 0 aliphatic carbocycles. The maximum absolute atomic E-state index is 14.0. The first-order valence-electron chi connectivity index (χ1n) is 12.6. The molecule has 1 fully saturated rings. The average Bonchev–Trinajstić information content (AvgIpc) is 2.94. The topological polar surface area (TPSA) is 91.8 Å². The molecular formula is C28H23F5N4O4S. The zero-order valence-electron chi connectivity index (χ0n) is 21.7. The molecule has 1 N–H and O–H groups in total. The Labute approximate surface area is 237 Å². The lowest BCUT2D eigenvalue weighted by Gasteiger charge is -2.35. The second kappa shape index (κ2) is 11.5. The maximum Gasteiger partial charge on any atom is 0.573 e. The molecule has 1 amide bonds. The zero-order chi connectivity index (χ0) is 30.1. The number of hydrogen-bond donors (Lipinski definition) is 1. The highest BCUT2D eigenvalue weighted by Crippen LogP contribution is 2.34. The van der Waals surface area contributed by atoms with Crippen LogP contribution in [0, 0.1) is 11.6 Å². The van der Waals surface area contributed by atoms with Gasteiger partial charge >= 0.3 is 6.36 Å². The lowest BCUT2D eigenvalue weighted by atomic mass is 10.1. The quantitative estimate of drug-likeness (QED) is 0.292. The molecule has 0 bridgehead atoms. The highest BCUT2D eigenvalue weighted by atomic mass is 32.2. The number of alkyl halides is 3. The van der Waals surface area contributed by atoms with E-state index in [1.54, 1.807) is 18.2 Å². The van der Waals surface area contributed by atoms with Crippen molar-refractivity contribution in [2.45, 2.75) is 17.8 Å². The summed E-state index contributed by atoms with van der Waals surface area (Å²) in [6.45, 7) is 1.26. The van der Waals surface area contributed by atoms with Gasteiger partial charge in [-0.2, -0.15) is 0 Å². The standard InChI is InChI=1S/C28H23F5N4O4S/c29-21-8-6-20(22(30)16-21)17-36-11-13-37(14-12-36)27(38)19-7-9-23(24(15-19)41-28(31,32)33)35-42(39,40)25-5-1-3-18-4-2-10-34-26(18)25/h1-10,15-16,35H,11-14,17H2. The van der Waals surface area contributed by atoms with Gasteiger partial charge in [-0.15, -0.1) is 13.2 Å². The number of nitrogens with one attached hydrogen (secondary N) is 1. The first-order valence-corrected chi connectivity index (χ1v) is 14.1. The van der Waals surface area contributed by atoms with Gasteiger partial charge in [-0.1, -0.05) is 24.3 Å². The first kappa shape index (κ1) is 29.2. The van der Waals surface area contributed by atoms with E-state index in [1.165, 1.54) is 35.4 Å². The molecule has 1 aliphatic heterocycles. The van der Waals surface area contributed by atoms with E-state index < -0.39 is 45.4 Å². The number of anilines is 1. The van der Waals surface area contributed by atoms with Gasteiger partial charge in [0.05, 0.1) is 11.2 Å². The summed E-state index contributed by atoms with van der Waals surface area (Å²) in [7, 11) is -4.42. The number of rotatable bonds is 7. The maximum atomic E-state index is 14.0. The van der Waals surface area contributed by atoms with Gasteiger partial charge < -0.3 is 9.64 Å². The average molecular weight is 607 g/mol. The Kier molecular flexibility index (Phi) is 8.01. The molecule has 8 nitrogen and oxygen atoms in total. The van der Waals surface area contributed by atoms with Crippen molar-refractivity contribution in [3.8, 4) is 5.75 Å². The fourth-order valence-corrected chi connectivity index (χ4v) is 5.87.